The number of hydrogen-bond acceptors (Lipinski definition) is 5. The summed E-state index contributed by atoms with van der Waals surface area (Å²) < 4.78 is 33.0. The zero-order valence-electron chi connectivity index (χ0n) is 18.0. The highest BCUT2D eigenvalue weighted by Crippen LogP contribution is 2.32. The van der Waals surface area contributed by atoms with Gasteiger partial charge in [0.1, 0.15) is 5.76 Å². The number of nitrogens with one attached hydrogen (secondary N) is 1. The summed E-state index contributed by atoms with van der Waals surface area (Å²) in [7, 11) is -2.08. The van der Waals surface area contributed by atoms with Crippen LogP contribution in [-0.4, -0.2) is 36.5 Å². The van der Waals surface area contributed by atoms with Crippen molar-refractivity contribution >= 4 is 27.7 Å². The van der Waals surface area contributed by atoms with Crippen LogP contribution in [0.4, 0.5) is 5.88 Å². The van der Waals surface area contributed by atoms with Crippen molar-refractivity contribution < 1.29 is 22.4 Å². The van der Waals surface area contributed by atoms with Crippen LogP contribution in [-0.2, 0) is 34.5 Å². The molecule has 9 heteroatoms. The van der Waals surface area contributed by atoms with Gasteiger partial charge in [0.25, 0.3) is 5.91 Å². The van der Waals surface area contributed by atoms with E-state index in [1.54, 1.807) is 18.0 Å². The third-order valence-corrected chi connectivity index (χ3v) is 7.15. The molecule has 33 heavy (non-hydrogen) atoms. The minimum absolute atomic E-state index is 0.0577. The number of hydrogen-bond donors (Lipinski definition) is 1. The quantitative estimate of drug-likeness (QED) is 0.539. The fourth-order valence-electron chi connectivity index (χ4n) is 3.61. The van der Waals surface area contributed by atoms with E-state index in [1.165, 1.54) is 28.6 Å². The number of carbonyl (C=O) groups excluding carboxylic acids is 2. The molecule has 0 radical (unpaired) electrons. The van der Waals surface area contributed by atoms with Gasteiger partial charge in [-0.15, -0.1) is 0 Å². The number of anilines is 1. The van der Waals surface area contributed by atoms with Crippen molar-refractivity contribution in [1.82, 2.24) is 9.21 Å². The van der Waals surface area contributed by atoms with Gasteiger partial charge in [0.05, 0.1) is 11.4 Å². The average Bonchev–Trinajstić information content (AvgIpc) is 3.38. The van der Waals surface area contributed by atoms with E-state index in [4.69, 9.17) is 4.42 Å². The molecule has 1 N–H and O–H groups in total. The molecule has 0 spiro atoms. The van der Waals surface area contributed by atoms with Crippen LogP contribution >= 0.6 is 0 Å². The van der Waals surface area contributed by atoms with Gasteiger partial charge < -0.3 is 9.32 Å². The smallest absolute Gasteiger partial charge is 0.253 e. The van der Waals surface area contributed by atoms with Gasteiger partial charge in [0.15, 0.2) is 5.88 Å². The van der Waals surface area contributed by atoms with Crippen LogP contribution in [0.2, 0.25) is 0 Å². The third-order valence-electron chi connectivity index (χ3n) is 5.34. The Balaban J connectivity index is 1.43. The summed E-state index contributed by atoms with van der Waals surface area (Å²) >= 11 is 0. The van der Waals surface area contributed by atoms with Gasteiger partial charge in [-0.2, -0.15) is 4.31 Å². The Hall–Kier alpha value is -3.69. The minimum atomic E-state index is -3.78. The summed E-state index contributed by atoms with van der Waals surface area (Å²) in [6.07, 6.45) is 1.12. The molecule has 0 bridgehead atoms. The maximum Gasteiger partial charge on any atom is 0.253 e. The summed E-state index contributed by atoms with van der Waals surface area (Å²) in [5.74, 6) is 0.130. The molecular formula is C24H23N3O5S. The molecule has 0 aliphatic carbocycles. The lowest BCUT2D eigenvalue weighted by molar-refractivity contribution is -0.112. The molecule has 1 aromatic heterocycles. The lowest BCUT2D eigenvalue weighted by Crippen LogP contribution is -2.27. The molecule has 2 heterocycles. The molecule has 3 aromatic rings. The Morgan fingerprint density at radius 3 is 2.45 bits per heavy atom. The van der Waals surface area contributed by atoms with Gasteiger partial charge in [0.2, 0.25) is 15.9 Å². The Bertz CT molecular complexity index is 1270. The molecule has 0 saturated heterocycles. The first-order chi connectivity index (χ1) is 15.8. The monoisotopic (exact) mass is 465 g/mol. The summed E-state index contributed by atoms with van der Waals surface area (Å²) in [5.41, 5.74) is 2.10. The molecule has 2 aromatic carbocycles. The number of benzene rings is 2. The molecule has 8 nitrogen and oxygen atoms in total. The zero-order chi connectivity index (χ0) is 23.6. The van der Waals surface area contributed by atoms with Crippen LogP contribution < -0.4 is 5.32 Å². The summed E-state index contributed by atoms with van der Waals surface area (Å²) in [5, 5.41) is 2.52. The van der Waals surface area contributed by atoms with E-state index in [0.29, 0.717) is 23.4 Å². The molecule has 4 rings (SSSR count). The molecule has 0 fully saturated rings. The van der Waals surface area contributed by atoms with E-state index in [-0.39, 0.29) is 29.8 Å². The van der Waals surface area contributed by atoms with Crippen LogP contribution in [0.3, 0.4) is 0 Å². The second-order valence-corrected chi connectivity index (χ2v) is 9.63. The zero-order valence-corrected chi connectivity index (χ0v) is 18.8. The van der Waals surface area contributed by atoms with Crippen LogP contribution in [0.25, 0.3) is 0 Å². The number of sulfonamides is 1. The molecule has 0 atom stereocenters. The topological polar surface area (TPSA) is 99.9 Å². The number of amides is 2. The van der Waals surface area contributed by atoms with Gasteiger partial charge in [-0.25, -0.2) is 8.42 Å². The molecule has 1 aliphatic rings. The van der Waals surface area contributed by atoms with E-state index in [0.717, 1.165) is 11.6 Å². The SMILES string of the molecule is C=CC(=O)Nc1cc2c(o1)CN(S(=O)(=O)c1ccc(C(=O)N(C)Cc3ccccc3)cc1)C2. The highest BCUT2D eigenvalue weighted by molar-refractivity contribution is 7.89. The van der Waals surface area contributed by atoms with Crippen LogP contribution in [0.5, 0.6) is 0 Å². The number of carbonyl (C=O) groups is 2. The molecule has 0 unspecified atom stereocenters. The summed E-state index contributed by atoms with van der Waals surface area (Å²) in [6.45, 7) is 4.02. The average molecular weight is 466 g/mol. The molecule has 1 aliphatic heterocycles. The predicted molar refractivity (Wildman–Crippen MR) is 123 cm³/mol. The lowest BCUT2D eigenvalue weighted by Gasteiger charge is -2.18. The second kappa shape index (κ2) is 9.05. The van der Waals surface area contributed by atoms with Gasteiger partial charge in [-0.05, 0) is 35.9 Å². The van der Waals surface area contributed by atoms with Crippen molar-refractivity contribution in [2.45, 2.75) is 24.5 Å². The Labute approximate surface area is 192 Å². The van der Waals surface area contributed by atoms with Gasteiger partial charge in [-0.1, -0.05) is 36.9 Å². The summed E-state index contributed by atoms with van der Waals surface area (Å²) in [4.78, 5) is 25.8. The minimum Gasteiger partial charge on any atom is -0.444 e. The fourth-order valence-corrected chi connectivity index (χ4v) is 4.99. The van der Waals surface area contributed by atoms with Crippen LogP contribution in [0, 0.1) is 0 Å². The van der Waals surface area contributed by atoms with Crippen molar-refractivity contribution in [3.05, 3.63) is 95.8 Å². The predicted octanol–water partition coefficient (Wildman–Crippen LogP) is 3.38. The maximum absolute atomic E-state index is 13.1. The number of nitrogens with zero attached hydrogens (tertiary/aromatic N) is 2. The first-order valence-corrected chi connectivity index (χ1v) is 11.7. The maximum atomic E-state index is 13.1. The standard InChI is InChI=1S/C24H23N3O5S/c1-3-22(28)25-23-13-19-15-27(16-21(19)32-23)33(30,31)20-11-9-18(10-12-20)24(29)26(2)14-17-7-5-4-6-8-17/h3-13H,1,14-16H2,2H3,(H,25,28). The first kappa shape index (κ1) is 22.5. The molecule has 0 saturated carbocycles. The third kappa shape index (κ3) is 4.74. The van der Waals surface area contributed by atoms with E-state index in [9.17, 15) is 18.0 Å². The number of furan rings is 1. The fraction of sp³-hybridized carbons (Fsp3) is 0.167. The molecule has 2 amide bonds. The van der Waals surface area contributed by atoms with Crippen LogP contribution in [0.15, 0.2) is 82.6 Å². The second-order valence-electron chi connectivity index (χ2n) is 7.70. The van der Waals surface area contributed by atoms with E-state index >= 15 is 0 Å². The number of fused-ring (bicyclic) bond motifs is 1. The molecular weight excluding hydrogens is 442 g/mol. The van der Waals surface area contributed by atoms with Crippen molar-refractivity contribution in [2.24, 2.45) is 0 Å². The molecule has 170 valence electrons. The van der Waals surface area contributed by atoms with Gasteiger partial charge in [-0.3, -0.25) is 14.9 Å². The lowest BCUT2D eigenvalue weighted by atomic mass is 10.1. The highest BCUT2D eigenvalue weighted by Gasteiger charge is 2.33. The van der Waals surface area contributed by atoms with E-state index < -0.39 is 15.9 Å². The van der Waals surface area contributed by atoms with Crippen molar-refractivity contribution in [1.29, 1.82) is 0 Å². The highest BCUT2D eigenvalue weighted by atomic mass is 32.2. The Morgan fingerprint density at radius 2 is 1.82 bits per heavy atom. The Kier molecular flexibility index (Phi) is 6.17. The van der Waals surface area contributed by atoms with E-state index in [1.807, 2.05) is 30.3 Å². The van der Waals surface area contributed by atoms with Gasteiger partial charge in [0, 0.05) is 37.3 Å². The van der Waals surface area contributed by atoms with Crippen molar-refractivity contribution in [2.75, 3.05) is 12.4 Å². The van der Waals surface area contributed by atoms with Gasteiger partial charge >= 0.3 is 0 Å². The van der Waals surface area contributed by atoms with Crippen LogP contribution in [0.1, 0.15) is 27.2 Å². The summed E-state index contributed by atoms with van der Waals surface area (Å²) in [6, 6.07) is 17.1. The van der Waals surface area contributed by atoms with E-state index in [2.05, 4.69) is 11.9 Å². The van der Waals surface area contributed by atoms with Crippen molar-refractivity contribution in [3.8, 4) is 0 Å². The first-order valence-electron chi connectivity index (χ1n) is 10.2. The number of rotatable bonds is 7. The normalized spacial score (nSPS) is 13.4. The largest absolute Gasteiger partial charge is 0.444 e. The van der Waals surface area contributed by atoms with Crippen molar-refractivity contribution in [3.63, 3.8) is 0 Å². The Morgan fingerprint density at radius 1 is 1.12 bits per heavy atom.